The fourth-order valence-electron chi connectivity index (χ4n) is 2.89. The van der Waals surface area contributed by atoms with Crippen molar-refractivity contribution < 1.29 is 0 Å². The van der Waals surface area contributed by atoms with Crippen molar-refractivity contribution in [1.82, 2.24) is 10.3 Å². The Bertz CT molecular complexity index is 351. The van der Waals surface area contributed by atoms with Gasteiger partial charge in [-0.1, -0.05) is 13.8 Å². The van der Waals surface area contributed by atoms with E-state index in [2.05, 4.69) is 36.5 Å². The number of aryl methyl sites for hydroxylation is 1. The molecule has 18 heavy (non-hydrogen) atoms. The topological polar surface area (TPSA) is 24.9 Å². The molecular weight excluding hydrogens is 240 g/mol. The van der Waals surface area contributed by atoms with E-state index in [0.29, 0.717) is 0 Å². The first-order valence-electron chi connectivity index (χ1n) is 7.29. The van der Waals surface area contributed by atoms with Crippen molar-refractivity contribution in [2.45, 2.75) is 58.9 Å². The standard InChI is InChI=1S/C15H26N2S/c1-11(2)13-4-6-14(7-5-13)16-9-8-15-17-12(3)10-18-15/h10-11,13-14,16H,4-9H2,1-3H3. The van der Waals surface area contributed by atoms with Crippen molar-refractivity contribution in [2.75, 3.05) is 6.54 Å². The second kappa shape index (κ2) is 6.67. The second-order valence-electron chi connectivity index (χ2n) is 5.94. The van der Waals surface area contributed by atoms with Crippen LogP contribution in [0.15, 0.2) is 5.38 Å². The zero-order valence-corrected chi connectivity index (χ0v) is 12.7. The maximum atomic E-state index is 4.51. The first kappa shape index (κ1) is 14.0. The van der Waals surface area contributed by atoms with Gasteiger partial charge in [-0.2, -0.15) is 0 Å². The molecule has 1 aromatic rings. The average Bonchev–Trinajstić information content (AvgIpc) is 2.76. The van der Waals surface area contributed by atoms with Gasteiger partial charge in [-0.05, 0) is 44.4 Å². The molecule has 1 saturated carbocycles. The highest BCUT2D eigenvalue weighted by molar-refractivity contribution is 7.09. The van der Waals surface area contributed by atoms with E-state index in [1.165, 1.54) is 30.7 Å². The average molecular weight is 266 g/mol. The Morgan fingerprint density at radius 1 is 1.33 bits per heavy atom. The van der Waals surface area contributed by atoms with Crippen molar-refractivity contribution in [1.29, 1.82) is 0 Å². The minimum Gasteiger partial charge on any atom is -0.314 e. The van der Waals surface area contributed by atoms with Crippen LogP contribution in [0.5, 0.6) is 0 Å². The van der Waals surface area contributed by atoms with E-state index in [-0.39, 0.29) is 0 Å². The van der Waals surface area contributed by atoms with E-state index >= 15 is 0 Å². The Morgan fingerprint density at radius 2 is 2.06 bits per heavy atom. The van der Waals surface area contributed by atoms with Crippen LogP contribution in [0.2, 0.25) is 0 Å². The lowest BCUT2D eigenvalue weighted by atomic mass is 9.80. The van der Waals surface area contributed by atoms with Gasteiger partial charge in [-0.25, -0.2) is 4.98 Å². The first-order valence-corrected chi connectivity index (χ1v) is 8.17. The van der Waals surface area contributed by atoms with Crippen LogP contribution in [0.1, 0.15) is 50.2 Å². The molecule has 1 aliphatic carbocycles. The first-order chi connectivity index (χ1) is 8.65. The minimum absolute atomic E-state index is 0.751. The Kier molecular flexibility index (Phi) is 5.19. The molecule has 2 nitrogen and oxygen atoms in total. The molecule has 0 aliphatic heterocycles. The summed E-state index contributed by atoms with van der Waals surface area (Å²) in [5.41, 5.74) is 1.16. The van der Waals surface area contributed by atoms with Crippen LogP contribution in [0.25, 0.3) is 0 Å². The molecular formula is C15H26N2S. The molecule has 0 atom stereocenters. The maximum Gasteiger partial charge on any atom is 0.0940 e. The third-order valence-electron chi connectivity index (χ3n) is 4.15. The predicted molar refractivity (Wildman–Crippen MR) is 79.1 cm³/mol. The van der Waals surface area contributed by atoms with Crippen LogP contribution < -0.4 is 5.32 Å². The molecule has 1 aromatic heterocycles. The van der Waals surface area contributed by atoms with E-state index in [1.807, 2.05) is 0 Å². The van der Waals surface area contributed by atoms with Crippen molar-refractivity contribution in [3.63, 3.8) is 0 Å². The molecule has 1 fully saturated rings. The third-order valence-corrected chi connectivity index (χ3v) is 5.18. The van der Waals surface area contributed by atoms with Gasteiger partial charge in [0.2, 0.25) is 0 Å². The number of thiazole rings is 1. The zero-order valence-electron chi connectivity index (χ0n) is 11.9. The normalized spacial score (nSPS) is 24.7. The Balaban J connectivity index is 1.63. The van der Waals surface area contributed by atoms with Gasteiger partial charge in [0.25, 0.3) is 0 Å². The Labute approximate surface area is 115 Å². The fourth-order valence-corrected chi connectivity index (χ4v) is 3.67. The van der Waals surface area contributed by atoms with Gasteiger partial charge in [0.05, 0.1) is 5.01 Å². The molecule has 1 N–H and O–H groups in total. The summed E-state index contributed by atoms with van der Waals surface area (Å²) in [7, 11) is 0. The Morgan fingerprint density at radius 3 is 2.61 bits per heavy atom. The lowest BCUT2D eigenvalue weighted by Crippen LogP contribution is -2.35. The van der Waals surface area contributed by atoms with Crippen LogP contribution in [0, 0.1) is 18.8 Å². The van der Waals surface area contributed by atoms with Crippen LogP contribution >= 0.6 is 11.3 Å². The van der Waals surface area contributed by atoms with E-state index in [1.54, 1.807) is 11.3 Å². The summed E-state index contributed by atoms with van der Waals surface area (Å²) < 4.78 is 0. The summed E-state index contributed by atoms with van der Waals surface area (Å²) in [5.74, 6) is 1.83. The molecule has 2 rings (SSSR count). The monoisotopic (exact) mass is 266 g/mol. The van der Waals surface area contributed by atoms with Crippen molar-refractivity contribution in [2.24, 2.45) is 11.8 Å². The number of hydrogen-bond donors (Lipinski definition) is 1. The molecule has 0 aromatic carbocycles. The lowest BCUT2D eigenvalue weighted by molar-refractivity contribution is 0.239. The molecule has 0 spiro atoms. The smallest absolute Gasteiger partial charge is 0.0940 e. The largest absolute Gasteiger partial charge is 0.314 e. The summed E-state index contributed by atoms with van der Waals surface area (Å²) in [4.78, 5) is 4.51. The molecule has 0 radical (unpaired) electrons. The van der Waals surface area contributed by atoms with E-state index in [9.17, 15) is 0 Å². The molecule has 0 bridgehead atoms. The van der Waals surface area contributed by atoms with Gasteiger partial charge < -0.3 is 5.32 Å². The summed E-state index contributed by atoms with van der Waals surface area (Å²) in [6.45, 7) is 7.89. The van der Waals surface area contributed by atoms with E-state index in [0.717, 1.165) is 36.5 Å². The molecule has 102 valence electrons. The van der Waals surface area contributed by atoms with Crippen LogP contribution in [0.3, 0.4) is 0 Å². The highest BCUT2D eigenvalue weighted by atomic mass is 32.1. The van der Waals surface area contributed by atoms with Crippen LogP contribution in [-0.4, -0.2) is 17.6 Å². The van der Waals surface area contributed by atoms with Crippen molar-refractivity contribution in [3.8, 4) is 0 Å². The van der Waals surface area contributed by atoms with Gasteiger partial charge in [-0.3, -0.25) is 0 Å². The zero-order chi connectivity index (χ0) is 13.0. The summed E-state index contributed by atoms with van der Waals surface area (Å²) in [6, 6.07) is 0.751. The number of rotatable bonds is 5. The van der Waals surface area contributed by atoms with Crippen molar-refractivity contribution >= 4 is 11.3 Å². The SMILES string of the molecule is Cc1csc(CCNC2CCC(C(C)C)CC2)n1. The molecule has 3 heteroatoms. The minimum atomic E-state index is 0.751. The quantitative estimate of drug-likeness (QED) is 0.877. The van der Waals surface area contributed by atoms with Crippen LogP contribution in [0.4, 0.5) is 0 Å². The molecule has 1 heterocycles. The summed E-state index contributed by atoms with van der Waals surface area (Å²) >= 11 is 1.79. The van der Waals surface area contributed by atoms with E-state index < -0.39 is 0 Å². The maximum absolute atomic E-state index is 4.51. The number of nitrogens with one attached hydrogen (secondary N) is 1. The molecule has 1 aliphatic rings. The Hall–Kier alpha value is -0.410. The summed E-state index contributed by atoms with van der Waals surface area (Å²) in [5, 5.41) is 7.12. The number of aromatic nitrogens is 1. The summed E-state index contributed by atoms with van der Waals surface area (Å²) in [6.07, 6.45) is 6.62. The van der Waals surface area contributed by atoms with Crippen LogP contribution in [-0.2, 0) is 6.42 Å². The predicted octanol–water partition coefficient (Wildman–Crippen LogP) is 3.80. The van der Waals surface area contributed by atoms with Gasteiger partial charge in [0.1, 0.15) is 0 Å². The fraction of sp³-hybridized carbons (Fsp3) is 0.800. The van der Waals surface area contributed by atoms with Gasteiger partial charge in [0.15, 0.2) is 0 Å². The van der Waals surface area contributed by atoms with Crippen molar-refractivity contribution in [3.05, 3.63) is 16.1 Å². The highest BCUT2D eigenvalue weighted by Gasteiger charge is 2.22. The van der Waals surface area contributed by atoms with E-state index in [4.69, 9.17) is 0 Å². The second-order valence-corrected chi connectivity index (χ2v) is 6.89. The lowest BCUT2D eigenvalue weighted by Gasteiger charge is -2.31. The number of nitrogens with zero attached hydrogens (tertiary/aromatic N) is 1. The van der Waals surface area contributed by atoms with Gasteiger partial charge in [0, 0.05) is 30.1 Å². The highest BCUT2D eigenvalue weighted by Crippen LogP contribution is 2.29. The van der Waals surface area contributed by atoms with Gasteiger partial charge in [-0.15, -0.1) is 11.3 Å². The molecule has 0 saturated heterocycles. The molecule has 0 amide bonds. The number of hydrogen-bond acceptors (Lipinski definition) is 3. The third kappa shape index (κ3) is 4.06. The van der Waals surface area contributed by atoms with Gasteiger partial charge >= 0.3 is 0 Å². The molecule has 0 unspecified atom stereocenters.